The van der Waals surface area contributed by atoms with Gasteiger partial charge in [-0.25, -0.2) is 4.99 Å². The summed E-state index contributed by atoms with van der Waals surface area (Å²) in [5.41, 5.74) is 4.64. The summed E-state index contributed by atoms with van der Waals surface area (Å²) in [4.78, 5) is 4.73. The smallest absolute Gasteiger partial charge is 0.191 e. The Bertz CT molecular complexity index is 837. The van der Waals surface area contributed by atoms with Gasteiger partial charge in [-0.3, -0.25) is 0 Å². The molecule has 1 heterocycles. The molecule has 0 aliphatic carbocycles. The van der Waals surface area contributed by atoms with Crippen LogP contribution in [0.4, 0.5) is 0 Å². The lowest BCUT2D eigenvalue weighted by atomic mass is 10.1. The summed E-state index contributed by atoms with van der Waals surface area (Å²) in [7, 11) is 1.70. The van der Waals surface area contributed by atoms with Gasteiger partial charge < -0.3 is 24.8 Å². The van der Waals surface area contributed by atoms with Gasteiger partial charge in [-0.1, -0.05) is 36.4 Å². The first-order chi connectivity index (χ1) is 15.2. The second-order valence-corrected chi connectivity index (χ2v) is 7.80. The normalized spacial score (nSPS) is 14.5. The van der Waals surface area contributed by atoms with Crippen LogP contribution < -0.4 is 15.4 Å². The number of hydrogen-bond acceptors (Lipinski definition) is 4. The Balaban J connectivity index is 0.00000363. The zero-order chi connectivity index (χ0) is 21.9. The van der Waals surface area contributed by atoms with E-state index in [1.54, 1.807) is 7.11 Å². The van der Waals surface area contributed by atoms with E-state index in [0.717, 1.165) is 49.9 Å². The molecule has 0 spiro atoms. The van der Waals surface area contributed by atoms with Crippen molar-refractivity contribution in [1.82, 2.24) is 10.6 Å². The van der Waals surface area contributed by atoms with Gasteiger partial charge in [0.1, 0.15) is 5.75 Å². The first-order valence-electron chi connectivity index (χ1n) is 11.1. The molecule has 3 rings (SSSR count). The summed E-state index contributed by atoms with van der Waals surface area (Å²) in [6.07, 6.45) is 2.29. The van der Waals surface area contributed by atoms with E-state index >= 15 is 0 Å². The summed E-state index contributed by atoms with van der Waals surface area (Å²) < 4.78 is 16.9. The Morgan fingerprint density at radius 1 is 1.06 bits per heavy atom. The zero-order valence-corrected chi connectivity index (χ0v) is 21.7. The summed E-state index contributed by atoms with van der Waals surface area (Å²) in [6.45, 7) is 8.46. The molecule has 1 aliphatic heterocycles. The molecule has 176 valence electrons. The minimum Gasteiger partial charge on any atom is -0.496 e. The minimum atomic E-state index is 0. The lowest BCUT2D eigenvalue weighted by molar-refractivity contribution is -0.0390. The number of methoxy groups -OCH3 is 1. The van der Waals surface area contributed by atoms with Crippen molar-refractivity contribution in [2.75, 3.05) is 26.9 Å². The maximum atomic E-state index is 6.00. The molecule has 0 radical (unpaired) electrons. The molecular formula is C25H36IN3O3. The van der Waals surface area contributed by atoms with Gasteiger partial charge in [-0.15, -0.1) is 24.0 Å². The fourth-order valence-corrected chi connectivity index (χ4v) is 3.49. The van der Waals surface area contributed by atoms with Gasteiger partial charge in [-0.05, 0) is 49.4 Å². The van der Waals surface area contributed by atoms with Crippen LogP contribution in [0.5, 0.6) is 5.75 Å². The maximum absolute atomic E-state index is 6.00. The van der Waals surface area contributed by atoms with Crippen LogP contribution in [0.15, 0.2) is 47.5 Å². The number of aryl methyl sites for hydroxylation is 1. The number of nitrogens with one attached hydrogen (secondary N) is 2. The third-order valence-corrected chi connectivity index (χ3v) is 5.33. The Labute approximate surface area is 209 Å². The maximum Gasteiger partial charge on any atom is 0.191 e. The molecule has 1 aliphatic rings. The minimum absolute atomic E-state index is 0. The van der Waals surface area contributed by atoms with Crippen LogP contribution in [0, 0.1) is 6.92 Å². The molecule has 0 bridgehead atoms. The van der Waals surface area contributed by atoms with E-state index in [4.69, 9.17) is 19.2 Å². The first-order valence-corrected chi connectivity index (χ1v) is 11.1. The summed E-state index contributed by atoms with van der Waals surface area (Å²) in [6, 6.07) is 14.7. The largest absolute Gasteiger partial charge is 0.496 e. The average Bonchev–Trinajstić information content (AvgIpc) is 2.81. The molecule has 0 unspecified atom stereocenters. The molecule has 1 fully saturated rings. The molecule has 0 saturated carbocycles. The number of ether oxygens (including phenoxy) is 3. The van der Waals surface area contributed by atoms with Crippen LogP contribution in [0.2, 0.25) is 0 Å². The summed E-state index contributed by atoms with van der Waals surface area (Å²) >= 11 is 0. The zero-order valence-electron chi connectivity index (χ0n) is 19.4. The summed E-state index contributed by atoms with van der Waals surface area (Å²) in [5.74, 6) is 1.68. The molecule has 6 nitrogen and oxygen atoms in total. The fraction of sp³-hybridized carbons (Fsp3) is 0.480. The highest BCUT2D eigenvalue weighted by Gasteiger charge is 2.13. The average molecular weight is 553 g/mol. The number of rotatable bonds is 9. The number of guanidine groups is 1. The molecule has 32 heavy (non-hydrogen) atoms. The lowest BCUT2D eigenvalue weighted by Gasteiger charge is -2.22. The molecule has 0 amide bonds. The highest BCUT2D eigenvalue weighted by Crippen LogP contribution is 2.19. The molecule has 7 heteroatoms. The van der Waals surface area contributed by atoms with E-state index in [1.807, 2.05) is 6.07 Å². The van der Waals surface area contributed by atoms with Gasteiger partial charge in [-0.2, -0.15) is 0 Å². The van der Waals surface area contributed by atoms with Crippen molar-refractivity contribution < 1.29 is 14.2 Å². The Morgan fingerprint density at radius 3 is 2.47 bits per heavy atom. The van der Waals surface area contributed by atoms with E-state index in [0.29, 0.717) is 25.8 Å². The lowest BCUT2D eigenvalue weighted by Crippen LogP contribution is -2.36. The SMILES string of the molecule is CCNC(=NCc1ccc(COC2CCOCC2)cc1)NCc1ccc(C)cc1OC.I. The van der Waals surface area contributed by atoms with Crippen LogP contribution >= 0.6 is 24.0 Å². The van der Waals surface area contributed by atoms with Crippen LogP contribution in [0.3, 0.4) is 0 Å². The Kier molecular flexibility index (Phi) is 11.8. The van der Waals surface area contributed by atoms with Crippen molar-refractivity contribution in [3.8, 4) is 5.75 Å². The molecule has 2 aromatic carbocycles. The van der Waals surface area contributed by atoms with Crippen molar-refractivity contribution in [3.63, 3.8) is 0 Å². The Morgan fingerprint density at radius 2 is 1.78 bits per heavy atom. The topological polar surface area (TPSA) is 64.1 Å². The standard InChI is InChI=1S/C25H35N3O3.HI/c1-4-26-25(28-17-22-10-5-19(2)15-24(22)29-3)27-16-20-6-8-21(9-7-20)18-31-23-11-13-30-14-12-23;/h5-10,15,23H,4,11-14,16-18H2,1-3H3,(H2,26,27,28);1H. The highest BCUT2D eigenvalue weighted by atomic mass is 127. The predicted molar refractivity (Wildman–Crippen MR) is 140 cm³/mol. The van der Waals surface area contributed by atoms with Crippen molar-refractivity contribution in [3.05, 3.63) is 64.7 Å². The van der Waals surface area contributed by atoms with Crippen molar-refractivity contribution in [1.29, 1.82) is 0 Å². The van der Waals surface area contributed by atoms with Gasteiger partial charge in [0, 0.05) is 31.9 Å². The van der Waals surface area contributed by atoms with Gasteiger partial charge in [0.2, 0.25) is 0 Å². The number of hydrogen-bond donors (Lipinski definition) is 2. The van der Waals surface area contributed by atoms with Crippen molar-refractivity contribution in [2.45, 2.75) is 52.5 Å². The van der Waals surface area contributed by atoms with Crippen molar-refractivity contribution >= 4 is 29.9 Å². The van der Waals surface area contributed by atoms with Crippen molar-refractivity contribution in [2.24, 2.45) is 4.99 Å². The third kappa shape index (κ3) is 8.60. The van der Waals surface area contributed by atoms with E-state index in [1.165, 1.54) is 16.7 Å². The second-order valence-electron chi connectivity index (χ2n) is 7.80. The molecule has 2 aromatic rings. The quantitative estimate of drug-likeness (QED) is 0.271. The molecule has 2 N–H and O–H groups in total. The van der Waals surface area contributed by atoms with E-state index in [-0.39, 0.29) is 24.0 Å². The molecular weight excluding hydrogens is 517 g/mol. The molecule has 0 aromatic heterocycles. The van der Waals surface area contributed by atoms with E-state index in [2.05, 4.69) is 60.9 Å². The van der Waals surface area contributed by atoms with Crippen LogP contribution in [0.25, 0.3) is 0 Å². The number of halogens is 1. The third-order valence-electron chi connectivity index (χ3n) is 5.33. The number of benzene rings is 2. The van der Waals surface area contributed by atoms with Crippen LogP contribution in [-0.2, 0) is 29.2 Å². The second kappa shape index (κ2) is 14.3. The van der Waals surface area contributed by atoms with E-state index < -0.39 is 0 Å². The van der Waals surface area contributed by atoms with Gasteiger partial charge in [0.25, 0.3) is 0 Å². The van der Waals surface area contributed by atoms with Crippen LogP contribution in [0.1, 0.15) is 42.0 Å². The highest BCUT2D eigenvalue weighted by molar-refractivity contribution is 14.0. The van der Waals surface area contributed by atoms with Crippen LogP contribution in [-0.4, -0.2) is 38.9 Å². The van der Waals surface area contributed by atoms with Gasteiger partial charge in [0.05, 0.1) is 26.4 Å². The fourth-order valence-electron chi connectivity index (χ4n) is 3.49. The molecule has 0 atom stereocenters. The Hall–Kier alpha value is -1.84. The summed E-state index contributed by atoms with van der Waals surface area (Å²) in [5, 5.41) is 6.71. The predicted octanol–water partition coefficient (Wildman–Crippen LogP) is 4.57. The first kappa shape index (κ1) is 26.4. The number of nitrogens with zero attached hydrogens (tertiary/aromatic N) is 1. The van der Waals surface area contributed by atoms with Gasteiger partial charge >= 0.3 is 0 Å². The molecule has 1 saturated heterocycles. The number of aliphatic imine (C=N–C) groups is 1. The monoisotopic (exact) mass is 553 g/mol. The van der Waals surface area contributed by atoms with E-state index in [9.17, 15) is 0 Å². The van der Waals surface area contributed by atoms with Gasteiger partial charge in [0.15, 0.2) is 5.96 Å².